The lowest BCUT2D eigenvalue weighted by Gasteiger charge is -2.11. The van der Waals surface area contributed by atoms with Gasteiger partial charge in [-0.15, -0.1) is 0 Å². The Balaban J connectivity index is 1.39. The number of amides is 1. The van der Waals surface area contributed by atoms with Crippen LogP contribution in [0.1, 0.15) is 12.8 Å². The van der Waals surface area contributed by atoms with E-state index in [0.717, 1.165) is 10.9 Å². The number of para-hydroxylation sites is 1. The second-order valence-corrected chi connectivity index (χ2v) is 9.20. The fraction of sp³-hybridized carbons (Fsp3) is 0.238. The number of carbonyl (C=O) groups is 1. The van der Waals surface area contributed by atoms with Gasteiger partial charge in [-0.05, 0) is 54.8 Å². The largest absolute Gasteiger partial charge is 0.457 e. The third kappa shape index (κ3) is 4.31. The molecule has 1 unspecified atom stereocenters. The highest BCUT2D eigenvalue weighted by Crippen LogP contribution is 2.29. The summed E-state index contributed by atoms with van der Waals surface area (Å²) < 4.78 is 29.0. The van der Waals surface area contributed by atoms with E-state index in [1.165, 1.54) is 0 Å². The zero-order valence-corrected chi connectivity index (χ0v) is 16.0. The van der Waals surface area contributed by atoms with Gasteiger partial charge in [0.05, 0.1) is 17.0 Å². The van der Waals surface area contributed by atoms with Crippen LogP contribution in [0.25, 0.3) is 10.9 Å². The second kappa shape index (κ2) is 7.59. The number of nitrogens with zero attached hydrogens (tertiary/aromatic N) is 1. The van der Waals surface area contributed by atoms with Gasteiger partial charge in [0.1, 0.15) is 11.5 Å². The normalized spacial score (nSPS) is 18.1. The Labute approximate surface area is 163 Å². The molecule has 1 N–H and O–H groups in total. The number of nitrogens with one attached hydrogen (secondary N) is 1. The lowest BCUT2D eigenvalue weighted by molar-refractivity contribution is -0.116. The van der Waals surface area contributed by atoms with Crippen molar-refractivity contribution in [3.8, 4) is 11.5 Å². The van der Waals surface area contributed by atoms with Gasteiger partial charge in [0.2, 0.25) is 5.91 Å². The quantitative estimate of drug-likeness (QED) is 0.709. The summed E-state index contributed by atoms with van der Waals surface area (Å²) in [7, 11) is -2.97. The Hall–Kier alpha value is -2.93. The summed E-state index contributed by atoms with van der Waals surface area (Å²) in [6, 6.07) is 16.7. The van der Waals surface area contributed by atoms with Crippen LogP contribution in [0.5, 0.6) is 11.5 Å². The highest BCUT2D eigenvalue weighted by Gasteiger charge is 2.29. The Bertz CT molecular complexity index is 1110. The van der Waals surface area contributed by atoms with Crippen molar-refractivity contribution in [1.29, 1.82) is 0 Å². The van der Waals surface area contributed by atoms with Crippen molar-refractivity contribution >= 4 is 32.3 Å². The molecule has 1 atom stereocenters. The van der Waals surface area contributed by atoms with E-state index in [1.807, 2.05) is 30.3 Å². The third-order valence-corrected chi connectivity index (χ3v) is 6.61. The number of carbonyl (C=O) groups excluding carboxylic acids is 1. The van der Waals surface area contributed by atoms with Crippen LogP contribution >= 0.6 is 0 Å². The Morgan fingerprint density at radius 2 is 1.89 bits per heavy atom. The minimum Gasteiger partial charge on any atom is -0.457 e. The summed E-state index contributed by atoms with van der Waals surface area (Å²) in [5, 5.41) is 3.74. The molecule has 1 saturated heterocycles. The van der Waals surface area contributed by atoms with Gasteiger partial charge >= 0.3 is 0 Å². The van der Waals surface area contributed by atoms with Crippen LogP contribution in [0.4, 0.5) is 5.69 Å². The van der Waals surface area contributed by atoms with Gasteiger partial charge < -0.3 is 10.1 Å². The van der Waals surface area contributed by atoms with E-state index in [1.54, 1.807) is 30.5 Å². The molecule has 0 bridgehead atoms. The first-order valence-corrected chi connectivity index (χ1v) is 10.9. The van der Waals surface area contributed by atoms with Gasteiger partial charge in [0.25, 0.3) is 0 Å². The molecule has 0 saturated carbocycles. The van der Waals surface area contributed by atoms with E-state index in [2.05, 4.69) is 10.3 Å². The van der Waals surface area contributed by atoms with Gasteiger partial charge in [-0.3, -0.25) is 9.78 Å². The molecule has 28 heavy (non-hydrogen) atoms. The minimum atomic E-state index is -2.97. The summed E-state index contributed by atoms with van der Waals surface area (Å²) >= 11 is 0. The number of sulfone groups is 1. The van der Waals surface area contributed by atoms with Gasteiger partial charge in [-0.1, -0.05) is 12.1 Å². The molecule has 0 aliphatic carbocycles. The molecule has 4 rings (SSSR count). The Morgan fingerprint density at radius 3 is 2.64 bits per heavy atom. The van der Waals surface area contributed by atoms with Crippen molar-refractivity contribution in [3.05, 3.63) is 60.8 Å². The number of aromatic nitrogens is 1. The number of hydrogen-bond acceptors (Lipinski definition) is 5. The van der Waals surface area contributed by atoms with Crippen LogP contribution in [-0.4, -0.2) is 30.8 Å². The Morgan fingerprint density at radius 1 is 1.11 bits per heavy atom. The van der Waals surface area contributed by atoms with Gasteiger partial charge in [-0.2, -0.15) is 0 Å². The summed E-state index contributed by atoms with van der Waals surface area (Å²) in [6.45, 7) is 0. The van der Waals surface area contributed by atoms with Crippen LogP contribution in [-0.2, 0) is 14.6 Å². The fourth-order valence-electron chi connectivity index (χ4n) is 3.40. The van der Waals surface area contributed by atoms with E-state index in [4.69, 9.17) is 4.74 Å². The van der Waals surface area contributed by atoms with Crippen molar-refractivity contribution in [1.82, 2.24) is 4.98 Å². The molecule has 7 heteroatoms. The van der Waals surface area contributed by atoms with Crippen molar-refractivity contribution < 1.29 is 17.9 Å². The number of fused-ring (bicyclic) bond motifs is 1. The first kappa shape index (κ1) is 18.4. The maximum Gasteiger partial charge on any atom is 0.224 e. The average molecular weight is 396 g/mol. The van der Waals surface area contributed by atoms with Crippen molar-refractivity contribution in [2.24, 2.45) is 5.92 Å². The average Bonchev–Trinajstić information content (AvgIpc) is 3.02. The molecular formula is C21H20N2O4S. The van der Waals surface area contributed by atoms with Crippen LogP contribution in [0.3, 0.4) is 0 Å². The van der Waals surface area contributed by atoms with E-state index in [9.17, 15) is 13.2 Å². The maximum absolute atomic E-state index is 12.2. The van der Waals surface area contributed by atoms with E-state index < -0.39 is 9.84 Å². The molecule has 1 fully saturated rings. The number of pyridine rings is 1. The lowest BCUT2D eigenvalue weighted by atomic mass is 10.1. The van der Waals surface area contributed by atoms with Gasteiger partial charge in [0, 0.05) is 23.7 Å². The number of hydrogen-bond donors (Lipinski definition) is 1. The molecule has 144 valence electrons. The van der Waals surface area contributed by atoms with E-state index in [0.29, 0.717) is 23.6 Å². The molecule has 2 aromatic carbocycles. The highest BCUT2D eigenvalue weighted by molar-refractivity contribution is 7.91. The standard InChI is InChI=1S/C21H20N2O4S/c24-21(13-15-10-12-28(25,26)14-15)23-16-5-7-17(8-6-16)27-20-9-11-22-19-4-2-1-3-18(19)20/h1-9,11,15H,10,12-14H2,(H,23,24). The Kier molecular flexibility index (Phi) is 5.00. The molecule has 3 aromatic rings. The van der Waals surface area contributed by atoms with Crippen LogP contribution in [0, 0.1) is 5.92 Å². The minimum absolute atomic E-state index is 0.0902. The van der Waals surface area contributed by atoms with Crippen molar-refractivity contribution in [2.75, 3.05) is 16.8 Å². The number of rotatable bonds is 5. The molecule has 0 radical (unpaired) electrons. The zero-order chi connectivity index (χ0) is 19.6. The SMILES string of the molecule is O=C(CC1CCS(=O)(=O)C1)Nc1ccc(Oc2ccnc3ccccc23)cc1. The smallest absolute Gasteiger partial charge is 0.224 e. The monoisotopic (exact) mass is 396 g/mol. The van der Waals surface area contributed by atoms with Crippen LogP contribution < -0.4 is 10.1 Å². The lowest BCUT2D eigenvalue weighted by Crippen LogP contribution is -2.17. The molecule has 2 heterocycles. The first-order chi connectivity index (χ1) is 13.5. The number of anilines is 1. The number of ether oxygens (including phenoxy) is 1. The summed E-state index contributed by atoms with van der Waals surface area (Å²) in [5.74, 6) is 1.39. The molecule has 1 amide bonds. The first-order valence-electron chi connectivity index (χ1n) is 9.10. The summed E-state index contributed by atoms with van der Waals surface area (Å²) in [4.78, 5) is 16.5. The van der Waals surface area contributed by atoms with E-state index in [-0.39, 0.29) is 29.8 Å². The summed E-state index contributed by atoms with van der Waals surface area (Å²) in [6.07, 6.45) is 2.48. The van der Waals surface area contributed by atoms with Crippen molar-refractivity contribution in [3.63, 3.8) is 0 Å². The van der Waals surface area contributed by atoms with Crippen LogP contribution in [0.2, 0.25) is 0 Å². The predicted octanol–water partition coefficient (Wildman–Crippen LogP) is 3.79. The molecule has 1 aromatic heterocycles. The number of benzene rings is 2. The molecule has 1 aliphatic heterocycles. The van der Waals surface area contributed by atoms with Crippen LogP contribution in [0.15, 0.2) is 60.8 Å². The highest BCUT2D eigenvalue weighted by atomic mass is 32.2. The molecular weight excluding hydrogens is 376 g/mol. The molecule has 0 spiro atoms. The molecule has 6 nitrogen and oxygen atoms in total. The predicted molar refractivity (Wildman–Crippen MR) is 108 cm³/mol. The van der Waals surface area contributed by atoms with E-state index >= 15 is 0 Å². The fourth-order valence-corrected chi connectivity index (χ4v) is 5.26. The van der Waals surface area contributed by atoms with Crippen molar-refractivity contribution in [2.45, 2.75) is 12.8 Å². The summed E-state index contributed by atoms with van der Waals surface area (Å²) in [5.41, 5.74) is 1.51. The molecule has 1 aliphatic rings. The third-order valence-electron chi connectivity index (χ3n) is 4.78. The topological polar surface area (TPSA) is 85.4 Å². The van der Waals surface area contributed by atoms with Gasteiger partial charge in [-0.25, -0.2) is 8.42 Å². The van der Waals surface area contributed by atoms with Gasteiger partial charge in [0.15, 0.2) is 9.84 Å². The zero-order valence-electron chi connectivity index (χ0n) is 15.2. The second-order valence-electron chi connectivity index (χ2n) is 6.97. The maximum atomic E-state index is 12.2.